The first-order valence-corrected chi connectivity index (χ1v) is 5.86. The van der Waals surface area contributed by atoms with E-state index < -0.39 is 5.60 Å². The maximum atomic E-state index is 10.8. The third-order valence-electron chi connectivity index (χ3n) is 3.82. The fourth-order valence-electron chi connectivity index (χ4n) is 2.62. The average molecular weight is 204 g/mol. The number of hydrogen-bond donors (Lipinski definition) is 2. The Balaban J connectivity index is 1.97. The molecule has 0 unspecified atom stereocenters. The van der Waals surface area contributed by atoms with Gasteiger partial charge in [-0.05, 0) is 55.2 Å². The first-order chi connectivity index (χ1) is 7.21. The van der Waals surface area contributed by atoms with Crippen LogP contribution in [0.2, 0.25) is 0 Å². The van der Waals surface area contributed by atoms with Crippen LogP contribution in [0.3, 0.4) is 0 Å². The predicted octanol–water partition coefficient (Wildman–Crippen LogP) is 1.57. The minimum absolute atomic E-state index is 0.515. The zero-order valence-electron chi connectivity index (χ0n) is 8.95. The van der Waals surface area contributed by atoms with Crippen molar-refractivity contribution in [3.05, 3.63) is 29.8 Å². The highest BCUT2D eigenvalue weighted by Gasteiger charge is 2.54. The average Bonchev–Trinajstić information content (AvgIpc) is 3.07. The molecule has 0 aliphatic heterocycles. The topological polar surface area (TPSA) is 47.9 Å². The van der Waals surface area contributed by atoms with Gasteiger partial charge in [0.05, 0.1) is 5.60 Å². The second-order valence-corrected chi connectivity index (χ2v) is 5.07. The molecule has 1 aromatic rings. The predicted molar refractivity (Wildman–Crippen MR) is 58.3 cm³/mol. The second kappa shape index (κ2) is 3.06. The summed E-state index contributed by atoms with van der Waals surface area (Å²) in [6, 6.07) is 8.12. The second-order valence-electron chi connectivity index (χ2n) is 5.07. The number of benzene rings is 1. The highest BCUT2D eigenvalue weighted by molar-refractivity contribution is 5.36. The van der Waals surface area contributed by atoms with E-state index in [1.165, 1.54) is 25.7 Å². The van der Waals surface area contributed by atoms with Crippen molar-refractivity contribution in [2.45, 2.75) is 31.3 Å². The summed E-state index contributed by atoms with van der Waals surface area (Å²) < 4.78 is 0. The summed E-state index contributed by atoms with van der Waals surface area (Å²) >= 11 is 0. The lowest BCUT2D eigenvalue weighted by Crippen LogP contribution is -2.40. The zero-order valence-corrected chi connectivity index (χ0v) is 8.95. The van der Waals surface area contributed by atoms with Crippen molar-refractivity contribution >= 4 is 5.69 Å². The van der Waals surface area contributed by atoms with Crippen LogP contribution in [0.4, 0.5) is 5.69 Å². The third-order valence-corrected chi connectivity index (χ3v) is 3.82. The van der Waals surface area contributed by atoms with Crippen molar-refractivity contribution in [1.29, 1.82) is 0 Å². The quantitative estimate of drug-likeness (QED) is 0.771. The molecular formula is C13H18NO+. The van der Waals surface area contributed by atoms with Crippen LogP contribution in [0.15, 0.2) is 24.3 Å². The van der Waals surface area contributed by atoms with Gasteiger partial charge < -0.3 is 10.8 Å². The fraction of sp³-hybridized carbons (Fsp3) is 0.538. The lowest BCUT2D eigenvalue weighted by molar-refractivity contribution is -0.254. The van der Waals surface area contributed by atoms with Gasteiger partial charge in [-0.1, -0.05) is 12.1 Å². The van der Waals surface area contributed by atoms with Crippen molar-refractivity contribution in [2.24, 2.45) is 11.8 Å². The van der Waals surface area contributed by atoms with E-state index in [2.05, 4.69) is 17.9 Å². The normalized spacial score (nSPS) is 21.7. The summed E-state index contributed by atoms with van der Waals surface area (Å²) in [6.07, 6.45) is 4.77. The van der Waals surface area contributed by atoms with Crippen molar-refractivity contribution in [3.63, 3.8) is 0 Å². The van der Waals surface area contributed by atoms with Gasteiger partial charge in [-0.15, -0.1) is 0 Å². The number of quaternary nitrogens is 1. The molecule has 2 aliphatic carbocycles. The standard InChI is InChI=1S/C13H17NO/c14-12-7-5-11(6-8-12)13(15,9-1-2-9)10-3-4-10/h5-10,15H,1-4,14H2/p+1. The molecule has 3 rings (SSSR count). The molecule has 4 N–H and O–H groups in total. The highest BCUT2D eigenvalue weighted by atomic mass is 16.3. The van der Waals surface area contributed by atoms with Gasteiger partial charge in [-0.3, -0.25) is 0 Å². The summed E-state index contributed by atoms with van der Waals surface area (Å²) in [6.45, 7) is 0. The van der Waals surface area contributed by atoms with Crippen LogP contribution in [0.25, 0.3) is 0 Å². The Labute approximate surface area is 90.1 Å². The molecular weight excluding hydrogens is 186 g/mol. The molecule has 2 aliphatic rings. The Bertz CT molecular complexity index is 351. The van der Waals surface area contributed by atoms with Gasteiger partial charge in [-0.2, -0.15) is 0 Å². The molecule has 0 spiro atoms. The summed E-state index contributed by atoms with van der Waals surface area (Å²) in [5.41, 5.74) is 5.49. The van der Waals surface area contributed by atoms with Gasteiger partial charge in [-0.25, -0.2) is 0 Å². The number of aliphatic hydroxyl groups is 1. The van der Waals surface area contributed by atoms with Gasteiger partial charge in [0.2, 0.25) is 0 Å². The fourth-order valence-corrected chi connectivity index (χ4v) is 2.62. The molecule has 0 aromatic heterocycles. The summed E-state index contributed by atoms with van der Waals surface area (Å²) in [7, 11) is 0. The molecule has 2 saturated carbocycles. The summed E-state index contributed by atoms with van der Waals surface area (Å²) in [5.74, 6) is 1.03. The van der Waals surface area contributed by atoms with E-state index in [0.29, 0.717) is 11.8 Å². The van der Waals surface area contributed by atoms with Crippen molar-refractivity contribution in [1.82, 2.24) is 0 Å². The van der Waals surface area contributed by atoms with E-state index in [9.17, 15) is 5.11 Å². The molecule has 1 aromatic carbocycles. The minimum atomic E-state index is -0.520. The first-order valence-electron chi connectivity index (χ1n) is 5.86. The lowest BCUT2D eigenvalue weighted by Gasteiger charge is -2.28. The molecule has 0 bridgehead atoms. The van der Waals surface area contributed by atoms with Crippen LogP contribution in [-0.2, 0) is 5.60 Å². The Morgan fingerprint density at radius 2 is 1.47 bits per heavy atom. The molecule has 80 valence electrons. The maximum absolute atomic E-state index is 10.8. The third kappa shape index (κ3) is 1.48. The van der Waals surface area contributed by atoms with Crippen molar-refractivity contribution < 1.29 is 10.8 Å². The van der Waals surface area contributed by atoms with Gasteiger partial charge in [0, 0.05) is 0 Å². The molecule has 2 heteroatoms. The van der Waals surface area contributed by atoms with Crippen molar-refractivity contribution in [3.8, 4) is 0 Å². The highest BCUT2D eigenvalue weighted by Crippen LogP contribution is 2.57. The molecule has 2 fully saturated rings. The molecule has 15 heavy (non-hydrogen) atoms. The van der Waals surface area contributed by atoms with E-state index in [4.69, 9.17) is 0 Å². The van der Waals surface area contributed by atoms with E-state index in [1.807, 2.05) is 12.1 Å². The van der Waals surface area contributed by atoms with E-state index >= 15 is 0 Å². The number of rotatable bonds is 3. The van der Waals surface area contributed by atoms with Crippen molar-refractivity contribution in [2.75, 3.05) is 0 Å². The largest absolute Gasteiger partial charge is 0.385 e. The van der Waals surface area contributed by atoms with Crippen LogP contribution in [0.5, 0.6) is 0 Å². The smallest absolute Gasteiger partial charge is 0.127 e. The Kier molecular flexibility index (Phi) is 1.91. The van der Waals surface area contributed by atoms with Crippen LogP contribution >= 0.6 is 0 Å². The summed E-state index contributed by atoms with van der Waals surface area (Å²) in [5, 5.41) is 10.8. The Morgan fingerprint density at radius 3 is 1.87 bits per heavy atom. The number of hydrogen-bond acceptors (Lipinski definition) is 1. The summed E-state index contributed by atoms with van der Waals surface area (Å²) in [4.78, 5) is 0. The van der Waals surface area contributed by atoms with Crippen LogP contribution in [-0.4, -0.2) is 5.11 Å². The monoisotopic (exact) mass is 204 g/mol. The molecule has 0 saturated heterocycles. The molecule has 0 amide bonds. The first kappa shape index (κ1) is 9.37. The maximum Gasteiger partial charge on any atom is 0.127 e. The molecule has 0 radical (unpaired) electrons. The van der Waals surface area contributed by atoms with Gasteiger partial charge in [0.25, 0.3) is 0 Å². The van der Waals surface area contributed by atoms with Crippen LogP contribution < -0.4 is 5.73 Å². The van der Waals surface area contributed by atoms with Crippen LogP contribution in [0, 0.1) is 11.8 Å². The van der Waals surface area contributed by atoms with E-state index in [1.54, 1.807) is 0 Å². The zero-order chi connectivity index (χ0) is 10.5. The Hall–Kier alpha value is -0.860. The van der Waals surface area contributed by atoms with Gasteiger partial charge >= 0.3 is 0 Å². The van der Waals surface area contributed by atoms with Crippen LogP contribution in [0.1, 0.15) is 31.2 Å². The van der Waals surface area contributed by atoms with Gasteiger partial charge in [0.1, 0.15) is 5.69 Å². The molecule has 0 heterocycles. The van der Waals surface area contributed by atoms with E-state index in [-0.39, 0.29) is 0 Å². The molecule has 0 atom stereocenters. The Morgan fingerprint density at radius 1 is 1.00 bits per heavy atom. The van der Waals surface area contributed by atoms with Gasteiger partial charge in [0.15, 0.2) is 0 Å². The lowest BCUT2D eigenvalue weighted by atomic mass is 9.84. The molecule has 2 nitrogen and oxygen atoms in total. The SMILES string of the molecule is [NH3+]c1ccc(C(O)(C2CC2)C2CC2)cc1. The minimum Gasteiger partial charge on any atom is -0.385 e. The van der Waals surface area contributed by atoms with E-state index in [0.717, 1.165) is 11.3 Å².